The highest BCUT2D eigenvalue weighted by Gasteiger charge is 2.33. The standard InChI is InChI=1S/C17H20ClN3O4/c1-5-25-16(23)17(2,3)21-9-13(19-10-22)15(20-21)12-8-11(18)6-7-14(12)24-4/h6-10H,5H2,1-4H3,(H,19,22). The van der Waals surface area contributed by atoms with E-state index in [0.29, 0.717) is 34.1 Å². The van der Waals surface area contributed by atoms with Gasteiger partial charge in [0.15, 0.2) is 5.54 Å². The first-order valence-electron chi connectivity index (χ1n) is 7.66. The summed E-state index contributed by atoms with van der Waals surface area (Å²) < 4.78 is 11.9. The summed E-state index contributed by atoms with van der Waals surface area (Å²) in [5.74, 6) is 0.109. The van der Waals surface area contributed by atoms with Gasteiger partial charge in [0.05, 0.1) is 25.6 Å². The van der Waals surface area contributed by atoms with Crippen LogP contribution in [0.25, 0.3) is 11.3 Å². The molecule has 0 fully saturated rings. The molecule has 1 N–H and O–H groups in total. The Morgan fingerprint density at radius 1 is 1.44 bits per heavy atom. The van der Waals surface area contributed by atoms with Crippen LogP contribution in [-0.4, -0.2) is 35.9 Å². The van der Waals surface area contributed by atoms with Crippen molar-refractivity contribution in [3.63, 3.8) is 0 Å². The number of methoxy groups -OCH3 is 1. The topological polar surface area (TPSA) is 82.5 Å². The van der Waals surface area contributed by atoms with E-state index in [1.807, 2.05) is 0 Å². The van der Waals surface area contributed by atoms with Gasteiger partial charge in [0.25, 0.3) is 0 Å². The number of nitrogens with zero attached hydrogens (tertiary/aromatic N) is 2. The molecule has 0 atom stereocenters. The number of esters is 1. The van der Waals surface area contributed by atoms with E-state index in [9.17, 15) is 9.59 Å². The third-order valence-electron chi connectivity index (χ3n) is 3.69. The molecule has 0 bridgehead atoms. The molecule has 1 aromatic heterocycles. The fraction of sp³-hybridized carbons (Fsp3) is 0.353. The summed E-state index contributed by atoms with van der Waals surface area (Å²) in [6.07, 6.45) is 2.11. The molecule has 0 radical (unpaired) electrons. The molecule has 8 heteroatoms. The highest BCUT2D eigenvalue weighted by molar-refractivity contribution is 6.31. The monoisotopic (exact) mass is 365 g/mol. The van der Waals surface area contributed by atoms with Crippen molar-refractivity contribution < 1.29 is 19.1 Å². The van der Waals surface area contributed by atoms with E-state index in [0.717, 1.165) is 0 Å². The van der Waals surface area contributed by atoms with Crippen LogP contribution in [0.2, 0.25) is 5.02 Å². The molecule has 2 aromatic rings. The summed E-state index contributed by atoms with van der Waals surface area (Å²) in [6.45, 7) is 5.36. The smallest absolute Gasteiger partial charge is 0.333 e. The van der Waals surface area contributed by atoms with Crippen molar-refractivity contribution in [2.24, 2.45) is 0 Å². The molecule has 1 heterocycles. The number of amides is 1. The van der Waals surface area contributed by atoms with Gasteiger partial charge in [-0.25, -0.2) is 4.79 Å². The summed E-state index contributed by atoms with van der Waals surface area (Å²) >= 11 is 6.09. The molecule has 0 aliphatic carbocycles. The van der Waals surface area contributed by atoms with Crippen molar-refractivity contribution >= 4 is 29.7 Å². The molecule has 0 aliphatic heterocycles. The quantitative estimate of drug-likeness (QED) is 0.602. The lowest BCUT2D eigenvalue weighted by atomic mass is 10.1. The number of ether oxygens (including phenoxy) is 2. The molecule has 0 unspecified atom stereocenters. The van der Waals surface area contributed by atoms with E-state index in [2.05, 4.69) is 10.4 Å². The molecule has 134 valence electrons. The van der Waals surface area contributed by atoms with Crippen LogP contribution in [0.1, 0.15) is 20.8 Å². The normalized spacial score (nSPS) is 11.1. The minimum Gasteiger partial charge on any atom is -0.496 e. The molecular formula is C17H20ClN3O4. The van der Waals surface area contributed by atoms with Gasteiger partial charge in [-0.2, -0.15) is 5.10 Å². The van der Waals surface area contributed by atoms with Crippen LogP contribution in [0, 0.1) is 0 Å². The first-order valence-corrected chi connectivity index (χ1v) is 8.04. The number of rotatable bonds is 7. The van der Waals surface area contributed by atoms with Crippen LogP contribution >= 0.6 is 11.6 Å². The van der Waals surface area contributed by atoms with Gasteiger partial charge in [-0.1, -0.05) is 11.6 Å². The largest absolute Gasteiger partial charge is 0.496 e. The fourth-order valence-corrected chi connectivity index (χ4v) is 2.47. The Morgan fingerprint density at radius 2 is 2.16 bits per heavy atom. The second-order valence-corrected chi connectivity index (χ2v) is 6.16. The average molecular weight is 366 g/mol. The molecule has 0 spiro atoms. The van der Waals surface area contributed by atoms with Crippen molar-refractivity contribution in [2.75, 3.05) is 19.0 Å². The molecule has 1 amide bonds. The Kier molecular flexibility index (Phi) is 5.69. The number of halogens is 1. The lowest BCUT2D eigenvalue weighted by Gasteiger charge is -2.22. The van der Waals surface area contributed by atoms with E-state index in [1.54, 1.807) is 45.2 Å². The van der Waals surface area contributed by atoms with E-state index in [-0.39, 0.29) is 6.61 Å². The van der Waals surface area contributed by atoms with Gasteiger partial charge in [0, 0.05) is 10.6 Å². The zero-order chi connectivity index (χ0) is 18.6. The van der Waals surface area contributed by atoms with Crippen LogP contribution < -0.4 is 10.1 Å². The predicted octanol–water partition coefficient (Wildman–Crippen LogP) is 3.08. The zero-order valence-electron chi connectivity index (χ0n) is 14.5. The molecule has 0 saturated heterocycles. The summed E-state index contributed by atoms with van der Waals surface area (Å²) in [4.78, 5) is 23.2. The second kappa shape index (κ2) is 7.57. The summed E-state index contributed by atoms with van der Waals surface area (Å²) in [5, 5.41) is 7.57. The van der Waals surface area contributed by atoms with E-state index in [1.165, 1.54) is 11.8 Å². The number of hydrogen-bond acceptors (Lipinski definition) is 5. The molecule has 0 aliphatic rings. The Bertz CT molecular complexity index is 786. The number of hydrogen-bond donors (Lipinski definition) is 1. The zero-order valence-corrected chi connectivity index (χ0v) is 15.3. The number of nitrogens with one attached hydrogen (secondary N) is 1. The Labute approximate surface area is 150 Å². The lowest BCUT2D eigenvalue weighted by molar-refractivity contribution is -0.152. The molecule has 25 heavy (non-hydrogen) atoms. The van der Waals surface area contributed by atoms with Gasteiger partial charge in [-0.3, -0.25) is 9.48 Å². The Morgan fingerprint density at radius 3 is 2.76 bits per heavy atom. The third-order valence-corrected chi connectivity index (χ3v) is 3.93. The third kappa shape index (κ3) is 3.76. The van der Waals surface area contributed by atoms with Crippen molar-refractivity contribution in [1.82, 2.24) is 9.78 Å². The van der Waals surface area contributed by atoms with Crippen molar-refractivity contribution in [3.8, 4) is 17.0 Å². The van der Waals surface area contributed by atoms with Crippen molar-refractivity contribution in [3.05, 3.63) is 29.4 Å². The van der Waals surface area contributed by atoms with Crippen LogP contribution in [0.5, 0.6) is 5.75 Å². The van der Waals surface area contributed by atoms with Crippen LogP contribution in [0.4, 0.5) is 5.69 Å². The molecular weight excluding hydrogens is 346 g/mol. The fourth-order valence-electron chi connectivity index (χ4n) is 2.29. The van der Waals surface area contributed by atoms with Gasteiger partial charge in [-0.05, 0) is 39.0 Å². The number of anilines is 1. The highest BCUT2D eigenvalue weighted by atomic mass is 35.5. The predicted molar refractivity (Wildman–Crippen MR) is 94.9 cm³/mol. The maximum atomic E-state index is 12.2. The lowest BCUT2D eigenvalue weighted by Crippen LogP contribution is -2.37. The summed E-state index contributed by atoms with van der Waals surface area (Å²) in [6, 6.07) is 5.08. The van der Waals surface area contributed by atoms with Crippen LogP contribution in [-0.2, 0) is 19.9 Å². The van der Waals surface area contributed by atoms with Crippen molar-refractivity contribution in [2.45, 2.75) is 26.3 Å². The average Bonchev–Trinajstić information content (AvgIpc) is 3.00. The van der Waals surface area contributed by atoms with Gasteiger partial charge in [0.1, 0.15) is 11.4 Å². The van der Waals surface area contributed by atoms with Gasteiger partial charge in [-0.15, -0.1) is 0 Å². The van der Waals surface area contributed by atoms with E-state index >= 15 is 0 Å². The number of benzene rings is 1. The number of aromatic nitrogens is 2. The van der Waals surface area contributed by atoms with E-state index < -0.39 is 11.5 Å². The Hall–Kier alpha value is -2.54. The molecule has 2 rings (SSSR count). The van der Waals surface area contributed by atoms with Gasteiger partial charge in [0.2, 0.25) is 6.41 Å². The maximum Gasteiger partial charge on any atom is 0.333 e. The van der Waals surface area contributed by atoms with Crippen LogP contribution in [0.15, 0.2) is 24.4 Å². The van der Waals surface area contributed by atoms with Gasteiger partial charge < -0.3 is 14.8 Å². The summed E-state index contributed by atoms with van der Waals surface area (Å²) in [5.41, 5.74) is 0.397. The van der Waals surface area contributed by atoms with E-state index in [4.69, 9.17) is 21.1 Å². The first kappa shape index (κ1) is 18.8. The number of carbonyl (C=O) groups excluding carboxylic acids is 2. The van der Waals surface area contributed by atoms with Crippen molar-refractivity contribution in [1.29, 1.82) is 0 Å². The highest BCUT2D eigenvalue weighted by Crippen LogP contribution is 2.37. The molecule has 7 nitrogen and oxygen atoms in total. The number of carbonyl (C=O) groups is 2. The summed E-state index contributed by atoms with van der Waals surface area (Å²) in [7, 11) is 1.53. The maximum absolute atomic E-state index is 12.2. The first-order chi connectivity index (χ1) is 11.8. The Balaban J connectivity index is 2.60. The van der Waals surface area contributed by atoms with Crippen LogP contribution in [0.3, 0.4) is 0 Å². The minimum atomic E-state index is -1.06. The minimum absolute atomic E-state index is 0.262. The molecule has 1 aromatic carbocycles. The van der Waals surface area contributed by atoms with Gasteiger partial charge >= 0.3 is 5.97 Å². The SMILES string of the molecule is CCOC(=O)C(C)(C)n1cc(NC=O)c(-c2cc(Cl)ccc2OC)n1. The molecule has 0 saturated carbocycles. The second-order valence-electron chi connectivity index (χ2n) is 5.72.